The van der Waals surface area contributed by atoms with E-state index in [2.05, 4.69) is 4.98 Å². The van der Waals surface area contributed by atoms with Gasteiger partial charge in [-0.05, 0) is 30.3 Å². The first-order valence-corrected chi connectivity index (χ1v) is 7.33. The van der Waals surface area contributed by atoms with Crippen molar-refractivity contribution in [2.45, 2.75) is 6.54 Å². The molecular formula is C16H12Cl2N2O2. The Labute approximate surface area is 137 Å². The number of carbonyl (C=O) groups is 1. The molecule has 0 N–H and O–H groups in total. The lowest BCUT2D eigenvalue weighted by atomic mass is 10.2. The number of esters is 1. The number of carbonyl (C=O) groups excluding carboxylic acids is 1. The summed E-state index contributed by atoms with van der Waals surface area (Å²) in [6.45, 7) is 0.0608. The van der Waals surface area contributed by atoms with Gasteiger partial charge in [-0.2, -0.15) is 0 Å². The number of halogens is 2. The van der Waals surface area contributed by atoms with Crippen LogP contribution < -0.4 is 0 Å². The molecule has 6 heteroatoms. The van der Waals surface area contributed by atoms with E-state index in [9.17, 15) is 4.79 Å². The summed E-state index contributed by atoms with van der Waals surface area (Å²) in [5, 5.41) is 1.03. The second-order valence-corrected chi connectivity index (χ2v) is 5.55. The second-order valence-electron chi connectivity index (χ2n) is 4.71. The van der Waals surface area contributed by atoms with Crippen molar-refractivity contribution in [3.8, 4) is 11.4 Å². The average molecular weight is 335 g/mol. The predicted molar refractivity (Wildman–Crippen MR) is 87.2 cm³/mol. The fraction of sp³-hybridized carbons (Fsp3) is 0.125. The summed E-state index contributed by atoms with van der Waals surface area (Å²) >= 11 is 12.2. The van der Waals surface area contributed by atoms with Crippen LogP contribution in [0.4, 0.5) is 0 Å². The Morgan fingerprint density at radius 2 is 2.00 bits per heavy atom. The fourth-order valence-corrected chi connectivity index (χ4v) is 2.80. The normalized spacial score (nSPS) is 10.9. The van der Waals surface area contributed by atoms with Gasteiger partial charge in [-0.3, -0.25) is 4.79 Å². The summed E-state index contributed by atoms with van der Waals surface area (Å²) in [7, 11) is 1.36. The van der Waals surface area contributed by atoms with E-state index in [0.717, 1.165) is 11.0 Å². The second kappa shape index (κ2) is 5.99. The van der Waals surface area contributed by atoms with E-state index in [4.69, 9.17) is 27.9 Å². The van der Waals surface area contributed by atoms with E-state index in [1.54, 1.807) is 22.8 Å². The number of para-hydroxylation sites is 2. The number of methoxy groups -OCH3 is 1. The van der Waals surface area contributed by atoms with Gasteiger partial charge in [0, 0.05) is 10.6 Å². The molecule has 0 spiro atoms. The van der Waals surface area contributed by atoms with Crippen LogP contribution in [0.15, 0.2) is 42.5 Å². The lowest BCUT2D eigenvalue weighted by Crippen LogP contribution is -2.12. The summed E-state index contributed by atoms with van der Waals surface area (Å²) < 4.78 is 6.56. The zero-order valence-corrected chi connectivity index (χ0v) is 13.2. The Morgan fingerprint density at radius 3 is 2.73 bits per heavy atom. The van der Waals surface area contributed by atoms with Gasteiger partial charge in [0.15, 0.2) is 0 Å². The highest BCUT2D eigenvalue weighted by molar-refractivity contribution is 6.36. The largest absolute Gasteiger partial charge is 0.468 e. The molecule has 0 aliphatic carbocycles. The van der Waals surface area contributed by atoms with Crippen LogP contribution in [0, 0.1) is 0 Å². The van der Waals surface area contributed by atoms with E-state index in [0.29, 0.717) is 21.4 Å². The van der Waals surface area contributed by atoms with Crippen LogP contribution in [0.5, 0.6) is 0 Å². The van der Waals surface area contributed by atoms with Crippen molar-refractivity contribution < 1.29 is 9.53 Å². The molecule has 1 aromatic heterocycles. The number of hydrogen-bond donors (Lipinski definition) is 0. The minimum absolute atomic E-state index is 0.0608. The maximum atomic E-state index is 11.7. The number of imidazole rings is 1. The highest BCUT2D eigenvalue weighted by atomic mass is 35.5. The van der Waals surface area contributed by atoms with Gasteiger partial charge in [0.1, 0.15) is 12.4 Å². The van der Waals surface area contributed by atoms with Crippen LogP contribution in [0.3, 0.4) is 0 Å². The summed E-state index contributed by atoms with van der Waals surface area (Å²) in [6, 6.07) is 12.8. The molecule has 3 aromatic rings. The molecule has 4 nitrogen and oxygen atoms in total. The van der Waals surface area contributed by atoms with Gasteiger partial charge in [-0.1, -0.05) is 35.3 Å². The Hall–Kier alpha value is -2.04. The van der Waals surface area contributed by atoms with E-state index < -0.39 is 0 Å². The smallest absolute Gasteiger partial charge is 0.325 e. The molecule has 1 heterocycles. The molecule has 112 valence electrons. The Morgan fingerprint density at radius 1 is 1.23 bits per heavy atom. The maximum absolute atomic E-state index is 11.7. The van der Waals surface area contributed by atoms with E-state index in [1.807, 2.05) is 24.3 Å². The number of fused-ring (bicyclic) bond motifs is 1. The number of ether oxygens (including phenoxy) is 1. The predicted octanol–water partition coefficient (Wildman–Crippen LogP) is 4.18. The van der Waals surface area contributed by atoms with Crippen molar-refractivity contribution in [3.63, 3.8) is 0 Å². The number of aromatic nitrogens is 2. The molecule has 0 aliphatic heterocycles. The van der Waals surface area contributed by atoms with Crippen molar-refractivity contribution in [2.75, 3.05) is 7.11 Å². The van der Waals surface area contributed by atoms with Crippen LogP contribution in [-0.4, -0.2) is 22.6 Å². The van der Waals surface area contributed by atoms with Gasteiger partial charge in [-0.15, -0.1) is 0 Å². The average Bonchev–Trinajstić information content (AvgIpc) is 2.86. The van der Waals surface area contributed by atoms with Crippen molar-refractivity contribution >= 4 is 40.2 Å². The number of rotatable bonds is 3. The van der Waals surface area contributed by atoms with Crippen LogP contribution in [0.2, 0.25) is 10.0 Å². The first-order valence-electron chi connectivity index (χ1n) is 6.57. The summed E-state index contributed by atoms with van der Waals surface area (Å²) in [5.74, 6) is 0.253. The third-order valence-electron chi connectivity index (χ3n) is 3.34. The Balaban J connectivity index is 2.23. The lowest BCUT2D eigenvalue weighted by molar-refractivity contribution is -0.141. The van der Waals surface area contributed by atoms with Crippen molar-refractivity contribution in [1.29, 1.82) is 0 Å². The SMILES string of the molecule is COC(=O)Cn1c(-c2ccc(Cl)cc2Cl)nc2ccccc21. The first kappa shape index (κ1) is 14.9. The Kier molecular flexibility index (Phi) is 4.05. The summed E-state index contributed by atoms with van der Waals surface area (Å²) in [5.41, 5.74) is 2.34. The van der Waals surface area contributed by atoms with E-state index in [-0.39, 0.29) is 12.5 Å². The number of benzene rings is 2. The van der Waals surface area contributed by atoms with Crippen LogP contribution in [-0.2, 0) is 16.1 Å². The molecule has 0 amide bonds. The molecule has 22 heavy (non-hydrogen) atoms. The minimum atomic E-state index is -0.352. The lowest BCUT2D eigenvalue weighted by Gasteiger charge is -2.09. The maximum Gasteiger partial charge on any atom is 0.325 e. The monoisotopic (exact) mass is 334 g/mol. The molecule has 0 saturated carbocycles. The van der Waals surface area contributed by atoms with Gasteiger partial charge in [0.25, 0.3) is 0 Å². The molecule has 0 fully saturated rings. The molecular weight excluding hydrogens is 323 g/mol. The van der Waals surface area contributed by atoms with Gasteiger partial charge in [0.05, 0.1) is 23.2 Å². The molecule has 0 bridgehead atoms. The van der Waals surface area contributed by atoms with Crippen molar-refractivity contribution in [1.82, 2.24) is 9.55 Å². The van der Waals surface area contributed by atoms with Crippen LogP contribution >= 0.6 is 23.2 Å². The molecule has 3 rings (SSSR count). The quantitative estimate of drug-likeness (QED) is 0.675. The zero-order chi connectivity index (χ0) is 15.7. The standard InChI is InChI=1S/C16H12Cl2N2O2/c1-22-15(21)9-20-14-5-3-2-4-13(14)19-16(20)11-7-6-10(17)8-12(11)18/h2-8H,9H2,1H3. The van der Waals surface area contributed by atoms with Crippen LogP contribution in [0.25, 0.3) is 22.4 Å². The fourth-order valence-electron chi connectivity index (χ4n) is 2.31. The van der Waals surface area contributed by atoms with E-state index in [1.165, 1.54) is 7.11 Å². The highest BCUT2D eigenvalue weighted by Gasteiger charge is 2.17. The topological polar surface area (TPSA) is 44.1 Å². The van der Waals surface area contributed by atoms with Crippen LogP contribution in [0.1, 0.15) is 0 Å². The molecule has 2 aromatic carbocycles. The van der Waals surface area contributed by atoms with Crippen molar-refractivity contribution in [2.24, 2.45) is 0 Å². The summed E-state index contributed by atoms with van der Waals surface area (Å²) in [6.07, 6.45) is 0. The van der Waals surface area contributed by atoms with Crippen molar-refractivity contribution in [3.05, 3.63) is 52.5 Å². The van der Waals surface area contributed by atoms with Gasteiger partial charge in [-0.25, -0.2) is 4.98 Å². The van der Waals surface area contributed by atoms with Gasteiger partial charge >= 0.3 is 5.97 Å². The Bertz CT molecular complexity index is 858. The highest BCUT2D eigenvalue weighted by Crippen LogP contribution is 2.32. The number of hydrogen-bond acceptors (Lipinski definition) is 3. The van der Waals surface area contributed by atoms with Gasteiger partial charge < -0.3 is 9.30 Å². The molecule has 0 atom stereocenters. The molecule has 0 saturated heterocycles. The molecule has 0 unspecified atom stereocenters. The molecule has 0 aliphatic rings. The minimum Gasteiger partial charge on any atom is -0.468 e. The number of nitrogens with zero attached hydrogens (tertiary/aromatic N) is 2. The third kappa shape index (κ3) is 2.67. The summed E-state index contributed by atoms with van der Waals surface area (Å²) in [4.78, 5) is 16.3. The third-order valence-corrected chi connectivity index (χ3v) is 3.89. The van der Waals surface area contributed by atoms with Gasteiger partial charge in [0.2, 0.25) is 0 Å². The first-order chi connectivity index (χ1) is 10.6. The molecule has 0 radical (unpaired) electrons. The zero-order valence-electron chi connectivity index (χ0n) is 11.7. The van der Waals surface area contributed by atoms with E-state index >= 15 is 0 Å².